The van der Waals surface area contributed by atoms with Crippen molar-refractivity contribution in [2.24, 2.45) is 5.16 Å². The van der Waals surface area contributed by atoms with Crippen LogP contribution in [0, 0.1) is 0 Å². The minimum Gasteiger partial charge on any atom is -0.478 e. The zero-order chi connectivity index (χ0) is 18.3. The Morgan fingerprint density at radius 1 is 1.24 bits per heavy atom. The molecule has 0 bridgehead atoms. The number of hydrogen-bond donors (Lipinski definition) is 1. The van der Waals surface area contributed by atoms with Crippen LogP contribution in [-0.4, -0.2) is 29.0 Å². The first-order chi connectivity index (χ1) is 11.9. The van der Waals surface area contributed by atoms with Gasteiger partial charge in [0.05, 0.1) is 6.26 Å². The number of rotatable bonds is 9. The van der Waals surface area contributed by atoms with E-state index in [9.17, 15) is 4.79 Å². The van der Waals surface area contributed by atoms with Gasteiger partial charge in [-0.3, -0.25) is 0 Å². The first kappa shape index (κ1) is 18.6. The van der Waals surface area contributed by atoms with E-state index < -0.39 is 11.6 Å². The molecular weight excluding hydrogens is 322 g/mol. The Morgan fingerprint density at radius 2 is 1.96 bits per heavy atom. The summed E-state index contributed by atoms with van der Waals surface area (Å²) in [6.45, 7) is 5.62. The largest absolute Gasteiger partial charge is 0.478 e. The van der Waals surface area contributed by atoms with E-state index in [1.807, 2.05) is 0 Å². The highest BCUT2D eigenvalue weighted by atomic mass is 16.6. The van der Waals surface area contributed by atoms with E-state index in [2.05, 4.69) is 12.1 Å². The summed E-state index contributed by atoms with van der Waals surface area (Å²) in [7, 11) is 0. The third-order valence-electron chi connectivity index (χ3n) is 3.52. The maximum absolute atomic E-state index is 11.2. The molecule has 25 heavy (non-hydrogen) atoms. The number of hydrogen-bond acceptors (Lipinski definition) is 5. The van der Waals surface area contributed by atoms with Crippen LogP contribution in [0.3, 0.4) is 0 Å². The molecule has 1 N–H and O–H groups in total. The lowest BCUT2D eigenvalue weighted by Gasteiger charge is -2.21. The summed E-state index contributed by atoms with van der Waals surface area (Å²) in [6, 6.07) is 10.6. The molecule has 134 valence electrons. The monoisotopic (exact) mass is 345 g/mol. The van der Waals surface area contributed by atoms with Crippen LogP contribution in [0.2, 0.25) is 0 Å². The average molecular weight is 345 g/mol. The molecule has 0 saturated heterocycles. The predicted molar refractivity (Wildman–Crippen MR) is 94.0 cm³/mol. The summed E-state index contributed by atoms with van der Waals surface area (Å²) >= 11 is 0. The Balaban J connectivity index is 2.19. The number of ether oxygens (including phenoxy) is 1. The maximum atomic E-state index is 11.2. The first-order valence-electron chi connectivity index (χ1n) is 8.20. The number of carboxylic acid groups (broad SMARTS) is 1. The van der Waals surface area contributed by atoms with Crippen molar-refractivity contribution in [3.63, 3.8) is 0 Å². The van der Waals surface area contributed by atoms with E-state index in [1.54, 1.807) is 42.7 Å². The van der Waals surface area contributed by atoms with Gasteiger partial charge in [0.2, 0.25) is 0 Å². The average Bonchev–Trinajstić information content (AvgIpc) is 3.10. The molecule has 2 rings (SSSR count). The van der Waals surface area contributed by atoms with Crippen LogP contribution in [0.15, 0.2) is 52.2 Å². The van der Waals surface area contributed by atoms with Crippen LogP contribution in [0.1, 0.15) is 44.9 Å². The van der Waals surface area contributed by atoms with Gasteiger partial charge in [-0.15, -0.1) is 0 Å². The number of oxime groups is 1. The van der Waals surface area contributed by atoms with Crippen molar-refractivity contribution in [2.45, 2.75) is 39.2 Å². The molecule has 6 nitrogen and oxygen atoms in total. The van der Waals surface area contributed by atoms with Gasteiger partial charge >= 0.3 is 5.97 Å². The Bertz CT molecular complexity index is 702. The molecule has 0 aliphatic heterocycles. The summed E-state index contributed by atoms with van der Waals surface area (Å²) in [6.07, 6.45) is 3.52. The van der Waals surface area contributed by atoms with Crippen molar-refractivity contribution in [2.75, 3.05) is 6.61 Å². The molecule has 2 aromatic rings. The van der Waals surface area contributed by atoms with Crippen LogP contribution < -0.4 is 4.74 Å². The van der Waals surface area contributed by atoms with Crippen molar-refractivity contribution < 1.29 is 23.9 Å². The molecule has 6 heteroatoms. The number of nitrogens with zero attached hydrogens (tertiary/aromatic N) is 1. The van der Waals surface area contributed by atoms with Crippen molar-refractivity contribution in [3.05, 3.63) is 54.0 Å². The van der Waals surface area contributed by atoms with Crippen molar-refractivity contribution in [3.8, 4) is 5.75 Å². The third kappa shape index (κ3) is 5.11. The van der Waals surface area contributed by atoms with Crippen LogP contribution in [0.4, 0.5) is 0 Å². The molecule has 0 unspecified atom stereocenters. The van der Waals surface area contributed by atoms with Crippen molar-refractivity contribution >= 4 is 11.7 Å². The molecule has 1 aromatic carbocycles. The standard InChI is InChI=1S/C19H23NO5/c1-4-5-13-24-20-17(16-7-6-12-23-16)14-8-10-15(11-9-14)25-19(2,3)18(21)22/h6-12H,4-5,13H2,1-3H3,(H,21,22)/b20-17+. The molecule has 0 fully saturated rings. The zero-order valence-electron chi connectivity index (χ0n) is 14.7. The number of unbranched alkanes of at least 4 members (excludes halogenated alkanes) is 1. The second kappa shape index (κ2) is 8.37. The Kier molecular flexibility index (Phi) is 6.22. The number of carboxylic acids is 1. The molecule has 1 heterocycles. The van der Waals surface area contributed by atoms with Crippen LogP contribution in [-0.2, 0) is 9.63 Å². The summed E-state index contributed by atoms with van der Waals surface area (Å²) in [4.78, 5) is 16.5. The molecule has 0 spiro atoms. The number of benzene rings is 1. The summed E-state index contributed by atoms with van der Waals surface area (Å²) in [5.41, 5.74) is 0.0555. The summed E-state index contributed by atoms with van der Waals surface area (Å²) in [5, 5.41) is 13.3. The first-order valence-corrected chi connectivity index (χ1v) is 8.20. The fourth-order valence-electron chi connectivity index (χ4n) is 1.99. The number of carbonyl (C=O) groups is 1. The molecule has 0 radical (unpaired) electrons. The Labute approximate surface area is 147 Å². The fourth-order valence-corrected chi connectivity index (χ4v) is 1.99. The van der Waals surface area contributed by atoms with Gasteiger partial charge in [-0.25, -0.2) is 4.79 Å². The molecule has 0 amide bonds. The third-order valence-corrected chi connectivity index (χ3v) is 3.52. The SMILES string of the molecule is CCCCO/N=C(\c1ccc(OC(C)(C)C(=O)O)cc1)c1ccco1. The van der Waals surface area contributed by atoms with E-state index in [0.29, 0.717) is 23.8 Å². The quantitative estimate of drug-likeness (QED) is 0.420. The van der Waals surface area contributed by atoms with Crippen molar-refractivity contribution in [1.29, 1.82) is 0 Å². The van der Waals surface area contributed by atoms with Gasteiger partial charge in [0.1, 0.15) is 12.4 Å². The maximum Gasteiger partial charge on any atom is 0.347 e. The highest BCUT2D eigenvalue weighted by molar-refractivity contribution is 6.10. The zero-order valence-corrected chi connectivity index (χ0v) is 14.7. The topological polar surface area (TPSA) is 81.3 Å². The van der Waals surface area contributed by atoms with Crippen LogP contribution in [0.25, 0.3) is 0 Å². The highest BCUT2D eigenvalue weighted by Gasteiger charge is 2.29. The second-order valence-corrected chi connectivity index (χ2v) is 6.05. The molecule has 0 atom stereocenters. The molecule has 1 aromatic heterocycles. The molecule has 0 saturated carbocycles. The van der Waals surface area contributed by atoms with E-state index in [1.165, 1.54) is 13.8 Å². The van der Waals surface area contributed by atoms with E-state index in [4.69, 9.17) is 19.1 Å². The minimum absolute atomic E-state index is 0.460. The fraction of sp³-hybridized carbons (Fsp3) is 0.368. The smallest absolute Gasteiger partial charge is 0.347 e. The number of furan rings is 1. The Hall–Kier alpha value is -2.76. The van der Waals surface area contributed by atoms with Gasteiger partial charge in [-0.2, -0.15) is 0 Å². The molecule has 0 aliphatic carbocycles. The van der Waals surface area contributed by atoms with Gasteiger partial charge in [0, 0.05) is 5.56 Å². The van der Waals surface area contributed by atoms with Crippen LogP contribution in [0.5, 0.6) is 5.75 Å². The normalized spacial score (nSPS) is 12.0. The predicted octanol–water partition coefficient (Wildman–Crippen LogP) is 4.09. The Morgan fingerprint density at radius 3 is 2.52 bits per heavy atom. The van der Waals surface area contributed by atoms with E-state index in [-0.39, 0.29) is 0 Å². The second-order valence-electron chi connectivity index (χ2n) is 6.05. The lowest BCUT2D eigenvalue weighted by Crippen LogP contribution is -2.37. The lowest BCUT2D eigenvalue weighted by atomic mass is 10.1. The minimum atomic E-state index is -1.30. The van der Waals surface area contributed by atoms with Gasteiger partial charge in [0.25, 0.3) is 0 Å². The molecular formula is C19H23NO5. The molecule has 0 aliphatic rings. The van der Waals surface area contributed by atoms with E-state index in [0.717, 1.165) is 18.4 Å². The van der Waals surface area contributed by atoms with Gasteiger partial charge < -0.3 is 19.1 Å². The highest BCUT2D eigenvalue weighted by Crippen LogP contribution is 2.21. The van der Waals surface area contributed by atoms with E-state index >= 15 is 0 Å². The van der Waals surface area contributed by atoms with Gasteiger partial charge in [-0.05, 0) is 56.7 Å². The summed E-state index contributed by atoms with van der Waals surface area (Å²) < 4.78 is 10.9. The lowest BCUT2D eigenvalue weighted by molar-refractivity contribution is -0.152. The van der Waals surface area contributed by atoms with Crippen molar-refractivity contribution in [1.82, 2.24) is 0 Å². The number of aliphatic carboxylic acids is 1. The van der Waals surface area contributed by atoms with Crippen LogP contribution >= 0.6 is 0 Å². The van der Waals surface area contributed by atoms with Gasteiger partial charge in [0.15, 0.2) is 17.1 Å². The van der Waals surface area contributed by atoms with Gasteiger partial charge in [-0.1, -0.05) is 18.5 Å². The summed E-state index contributed by atoms with van der Waals surface area (Å²) in [5.74, 6) is 0.0246.